The Morgan fingerprint density at radius 2 is 1.68 bits per heavy atom. The second kappa shape index (κ2) is 13.7. The van der Waals surface area contributed by atoms with Crippen molar-refractivity contribution in [3.63, 3.8) is 0 Å². The van der Waals surface area contributed by atoms with E-state index in [0.29, 0.717) is 18.8 Å². The molecule has 1 aliphatic heterocycles. The highest BCUT2D eigenvalue weighted by atomic mass is 32.2. The Kier molecular flexibility index (Phi) is 9.73. The van der Waals surface area contributed by atoms with Crippen LogP contribution in [0.1, 0.15) is 50.2 Å². The first-order valence-corrected chi connectivity index (χ1v) is 16.4. The molecule has 3 aromatic carbocycles. The van der Waals surface area contributed by atoms with Crippen LogP contribution in [0.4, 0.5) is 10.1 Å². The molecule has 0 aromatic heterocycles. The van der Waals surface area contributed by atoms with Gasteiger partial charge in [0.25, 0.3) is 10.0 Å². The van der Waals surface area contributed by atoms with E-state index in [2.05, 4.69) is 5.32 Å². The van der Waals surface area contributed by atoms with Crippen molar-refractivity contribution in [2.24, 2.45) is 0 Å². The van der Waals surface area contributed by atoms with E-state index in [0.717, 1.165) is 53.2 Å². The lowest BCUT2D eigenvalue weighted by atomic mass is 10.1. The molecule has 234 valence electrons. The molecule has 9 nitrogen and oxygen atoms in total. The van der Waals surface area contributed by atoms with Crippen molar-refractivity contribution in [2.45, 2.75) is 69.5 Å². The maximum atomic E-state index is 14.3. The minimum absolute atomic E-state index is 0.0544. The molecular weight excluding hydrogens is 585 g/mol. The summed E-state index contributed by atoms with van der Waals surface area (Å²) < 4.78 is 54.3. The average molecular weight is 624 g/mol. The summed E-state index contributed by atoms with van der Waals surface area (Å²) in [5.41, 5.74) is 1.91. The molecule has 3 aromatic rings. The number of amides is 2. The lowest BCUT2D eigenvalue weighted by molar-refractivity contribution is -0.140. The van der Waals surface area contributed by atoms with Crippen LogP contribution in [-0.2, 0) is 26.2 Å². The lowest BCUT2D eigenvalue weighted by Crippen LogP contribution is -2.53. The van der Waals surface area contributed by atoms with E-state index in [1.54, 1.807) is 0 Å². The number of hydrogen-bond acceptors (Lipinski definition) is 6. The molecule has 0 saturated heterocycles. The number of rotatable bonds is 11. The van der Waals surface area contributed by atoms with E-state index in [1.807, 2.05) is 38.1 Å². The highest BCUT2D eigenvalue weighted by Gasteiger charge is 2.35. The molecule has 1 fully saturated rings. The van der Waals surface area contributed by atoms with Gasteiger partial charge in [0.2, 0.25) is 11.8 Å². The number of carbonyl (C=O) groups is 2. The first-order valence-electron chi connectivity index (χ1n) is 15.0. The van der Waals surface area contributed by atoms with Gasteiger partial charge in [-0.3, -0.25) is 13.9 Å². The fraction of sp³-hybridized carbons (Fsp3) is 0.394. The summed E-state index contributed by atoms with van der Waals surface area (Å²) >= 11 is 0. The van der Waals surface area contributed by atoms with Crippen molar-refractivity contribution < 1.29 is 31.9 Å². The van der Waals surface area contributed by atoms with Gasteiger partial charge in [-0.2, -0.15) is 0 Å². The van der Waals surface area contributed by atoms with Crippen LogP contribution in [-0.4, -0.2) is 57.0 Å². The van der Waals surface area contributed by atoms with E-state index in [4.69, 9.17) is 9.47 Å². The fourth-order valence-electron chi connectivity index (χ4n) is 5.74. The number of nitrogens with one attached hydrogen (secondary N) is 1. The van der Waals surface area contributed by atoms with Crippen molar-refractivity contribution in [1.82, 2.24) is 10.2 Å². The first-order chi connectivity index (χ1) is 21.2. The second-order valence-electron chi connectivity index (χ2n) is 11.2. The van der Waals surface area contributed by atoms with Gasteiger partial charge in [-0.25, -0.2) is 12.8 Å². The summed E-state index contributed by atoms with van der Waals surface area (Å²) in [4.78, 5) is 29.2. The number of sulfonamides is 1. The smallest absolute Gasteiger partial charge is 0.264 e. The van der Waals surface area contributed by atoms with E-state index in [1.165, 1.54) is 35.2 Å². The summed E-state index contributed by atoms with van der Waals surface area (Å²) in [7, 11) is -4.35. The first kappa shape index (κ1) is 31.3. The van der Waals surface area contributed by atoms with Crippen molar-refractivity contribution in [1.29, 1.82) is 0 Å². The number of fused-ring (bicyclic) bond motifs is 1. The molecule has 2 aliphatic rings. The Balaban J connectivity index is 1.50. The molecule has 1 unspecified atom stereocenters. The number of anilines is 1. The standard InChI is InChI=1S/C33H38FN3O6S/c1-3-29(33(39)35-26-9-4-5-10-26)36(21-24-8-6-7-23(2)19-24)32(38)22-37(27-13-11-25(34)12-14-27)44(40,41)28-15-16-30-31(20-28)43-18-17-42-30/h6-8,11-16,19-20,26,29H,3-5,9-10,17-18,21-22H2,1-2H3,(H,35,39). The van der Waals surface area contributed by atoms with Gasteiger partial charge >= 0.3 is 0 Å². The highest BCUT2D eigenvalue weighted by molar-refractivity contribution is 7.92. The zero-order valence-corrected chi connectivity index (χ0v) is 25.8. The third-order valence-electron chi connectivity index (χ3n) is 8.02. The van der Waals surface area contributed by atoms with Gasteiger partial charge in [-0.15, -0.1) is 0 Å². The second-order valence-corrected chi connectivity index (χ2v) is 13.1. The van der Waals surface area contributed by atoms with Crippen molar-refractivity contribution in [3.8, 4) is 11.5 Å². The van der Waals surface area contributed by atoms with Crippen molar-refractivity contribution in [2.75, 3.05) is 24.1 Å². The van der Waals surface area contributed by atoms with E-state index < -0.39 is 34.3 Å². The topological polar surface area (TPSA) is 105 Å². The molecule has 0 spiro atoms. The van der Waals surface area contributed by atoms with Crippen LogP contribution in [0.5, 0.6) is 11.5 Å². The minimum Gasteiger partial charge on any atom is -0.486 e. The molecule has 1 N–H and O–H groups in total. The van der Waals surface area contributed by atoms with Gasteiger partial charge in [0.05, 0.1) is 10.6 Å². The summed E-state index contributed by atoms with van der Waals surface area (Å²) in [5.74, 6) is -0.678. The van der Waals surface area contributed by atoms with Gasteiger partial charge < -0.3 is 19.7 Å². The van der Waals surface area contributed by atoms with Crippen LogP contribution >= 0.6 is 0 Å². The van der Waals surface area contributed by atoms with Crippen LogP contribution in [0.15, 0.2) is 71.6 Å². The Hall–Kier alpha value is -4.12. The summed E-state index contributed by atoms with van der Waals surface area (Å²) in [6.45, 7) is 3.89. The number of hydrogen-bond donors (Lipinski definition) is 1. The summed E-state index contributed by atoms with van der Waals surface area (Å²) in [6.07, 6.45) is 4.19. The third kappa shape index (κ3) is 7.15. The average Bonchev–Trinajstić information content (AvgIpc) is 3.53. The molecule has 1 atom stereocenters. The summed E-state index contributed by atoms with van der Waals surface area (Å²) in [6, 6.07) is 16.0. The number of ether oxygens (including phenoxy) is 2. The van der Waals surface area contributed by atoms with Gasteiger partial charge in [0, 0.05) is 18.7 Å². The van der Waals surface area contributed by atoms with Gasteiger partial charge in [0.15, 0.2) is 11.5 Å². The maximum absolute atomic E-state index is 14.3. The van der Waals surface area contributed by atoms with Crippen LogP contribution < -0.4 is 19.1 Å². The fourth-order valence-corrected chi connectivity index (χ4v) is 7.17. The van der Waals surface area contributed by atoms with Gasteiger partial charge in [-0.05, 0) is 68.1 Å². The van der Waals surface area contributed by atoms with E-state index in [-0.39, 0.29) is 41.4 Å². The molecule has 11 heteroatoms. The maximum Gasteiger partial charge on any atom is 0.264 e. The Morgan fingerprint density at radius 3 is 2.36 bits per heavy atom. The van der Waals surface area contributed by atoms with Crippen LogP contribution in [0.2, 0.25) is 0 Å². The molecule has 1 saturated carbocycles. The van der Waals surface area contributed by atoms with Crippen molar-refractivity contribution in [3.05, 3.63) is 83.7 Å². The normalized spacial score (nSPS) is 15.4. The van der Waals surface area contributed by atoms with Crippen molar-refractivity contribution >= 4 is 27.5 Å². The highest BCUT2D eigenvalue weighted by Crippen LogP contribution is 2.34. The van der Waals surface area contributed by atoms with Crippen LogP contribution in [0.3, 0.4) is 0 Å². The number of halogens is 1. The van der Waals surface area contributed by atoms with E-state index >= 15 is 0 Å². The predicted octanol–water partition coefficient (Wildman–Crippen LogP) is 4.97. The molecule has 0 bridgehead atoms. The molecule has 44 heavy (non-hydrogen) atoms. The Morgan fingerprint density at radius 1 is 0.977 bits per heavy atom. The minimum atomic E-state index is -4.35. The number of aryl methyl sites for hydroxylation is 1. The monoisotopic (exact) mass is 623 g/mol. The molecule has 1 heterocycles. The number of carbonyl (C=O) groups excluding carboxylic acids is 2. The van der Waals surface area contributed by atoms with Crippen LogP contribution in [0, 0.1) is 12.7 Å². The number of nitrogens with zero attached hydrogens (tertiary/aromatic N) is 2. The molecule has 1 aliphatic carbocycles. The molecule has 5 rings (SSSR count). The quantitative estimate of drug-likeness (QED) is 0.324. The van der Waals surface area contributed by atoms with Crippen LogP contribution in [0.25, 0.3) is 0 Å². The largest absolute Gasteiger partial charge is 0.486 e. The lowest BCUT2D eigenvalue weighted by Gasteiger charge is -2.34. The zero-order chi connectivity index (χ0) is 31.3. The SMILES string of the molecule is CCC(C(=O)NC1CCCC1)N(Cc1cccc(C)c1)C(=O)CN(c1ccc(F)cc1)S(=O)(=O)c1ccc2c(c1)OCCO2. The van der Waals surface area contributed by atoms with Gasteiger partial charge in [-0.1, -0.05) is 49.6 Å². The van der Waals surface area contributed by atoms with E-state index in [9.17, 15) is 22.4 Å². The molecular formula is C33H38FN3O6S. The molecule has 2 amide bonds. The van der Waals surface area contributed by atoms with Gasteiger partial charge in [0.1, 0.15) is 31.6 Å². The Labute approximate surface area is 258 Å². The Bertz CT molecular complexity index is 1590. The molecule has 0 radical (unpaired) electrons. The third-order valence-corrected chi connectivity index (χ3v) is 9.79. The predicted molar refractivity (Wildman–Crippen MR) is 165 cm³/mol. The zero-order valence-electron chi connectivity index (χ0n) is 25.0. The number of benzene rings is 3. The summed E-state index contributed by atoms with van der Waals surface area (Å²) in [5, 5.41) is 3.11.